The number of rotatable bonds is 1. The lowest BCUT2D eigenvalue weighted by molar-refractivity contribution is 1.06. The van der Waals surface area contributed by atoms with Crippen molar-refractivity contribution in [3.63, 3.8) is 0 Å². The Balaban J connectivity index is 2.21. The summed E-state index contributed by atoms with van der Waals surface area (Å²) in [5.41, 5.74) is 3.50. The minimum atomic E-state index is 1.14. The molecule has 0 radical (unpaired) electrons. The molecule has 0 bridgehead atoms. The molecule has 0 aliphatic carbocycles. The Labute approximate surface area is 87.4 Å². The average Bonchev–Trinajstić information content (AvgIpc) is 2.82. The quantitative estimate of drug-likeness (QED) is 0.639. The van der Waals surface area contributed by atoms with Gasteiger partial charge in [0.15, 0.2) is 0 Å². The maximum absolute atomic E-state index is 4.04. The molecular weight excluding hydrogens is 186 g/mol. The zero-order valence-corrected chi connectivity index (χ0v) is 8.44. The summed E-state index contributed by atoms with van der Waals surface area (Å²) in [4.78, 5) is 7.35. The van der Waals surface area contributed by atoms with Crippen molar-refractivity contribution in [1.29, 1.82) is 0 Å². The highest BCUT2D eigenvalue weighted by Crippen LogP contribution is 2.18. The first-order chi connectivity index (χ1) is 7.33. The van der Waals surface area contributed by atoms with Crippen LogP contribution in [0.4, 0.5) is 0 Å². The molecule has 0 unspecified atom stereocenters. The monoisotopic (exact) mass is 197 g/mol. The fourth-order valence-corrected chi connectivity index (χ4v) is 1.84. The summed E-state index contributed by atoms with van der Waals surface area (Å²) >= 11 is 0. The number of fused-ring (bicyclic) bond motifs is 1. The van der Waals surface area contributed by atoms with Gasteiger partial charge < -0.3 is 9.55 Å². The van der Waals surface area contributed by atoms with E-state index in [0.717, 1.165) is 5.69 Å². The Morgan fingerprint density at radius 2 is 2.20 bits per heavy atom. The van der Waals surface area contributed by atoms with E-state index in [-0.39, 0.29) is 0 Å². The van der Waals surface area contributed by atoms with Gasteiger partial charge in [-0.3, -0.25) is 0 Å². The molecule has 74 valence electrons. The number of imidazole rings is 1. The Hall–Kier alpha value is -2.03. The van der Waals surface area contributed by atoms with Crippen LogP contribution in [0.25, 0.3) is 16.6 Å². The van der Waals surface area contributed by atoms with Crippen molar-refractivity contribution in [2.45, 2.75) is 6.92 Å². The van der Waals surface area contributed by atoms with Crippen molar-refractivity contribution >= 4 is 10.9 Å². The summed E-state index contributed by atoms with van der Waals surface area (Å²) in [5, 5.41) is 1.23. The zero-order valence-electron chi connectivity index (χ0n) is 8.44. The van der Waals surface area contributed by atoms with Crippen molar-refractivity contribution in [2.75, 3.05) is 0 Å². The summed E-state index contributed by atoms with van der Waals surface area (Å²) in [6, 6.07) is 8.48. The van der Waals surface area contributed by atoms with Crippen LogP contribution in [0.2, 0.25) is 0 Å². The van der Waals surface area contributed by atoms with E-state index in [0.29, 0.717) is 0 Å². The first-order valence-electron chi connectivity index (χ1n) is 4.91. The van der Waals surface area contributed by atoms with E-state index in [9.17, 15) is 0 Å². The number of hydrogen-bond donors (Lipinski definition) is 1. The molecule has 0 atom stereocenters. The molecule has 2 aromatic heterocycles. The van der Waals surface area contributed by atoms with Crippen molar-refractivity contribution in [3.8, 4) is 5.69 Å². The molecule has 3 rings (SSSR count). The minimum absolute atomic E-state index is 1.14. The molecular formula is C12H11N3. The summed E-state index contributed by atoms with van der Waals surface area (Å²) < 4.78 is 2.00. The molecule has 15 heavy (non-hydrogen) atoms. The van der Waals surface area contributed by atoms with Gasteiger partial charge in [0.1, 0.15) is 0 Å². The second kappa shape index (κ2) is 2.98. The van der Waals surface area contributed by atoms with Gasteiger partial charge >= 0.3 is 0 Å². The number of H-pyrrole nitrogens is 1. The normalized spacial score (nSPS) is 11.0. The van der Waals surface area contributed by atoms with Crippen LogP contribution < -0.4 is 0 Å². The van der Waals surface area contributed by atoms with Crippen LogP contribution in [0, 0.1) is 6.92 Å². The number of nitrogens with one attached hydrogen (secondary N) is 1. The molecule has 0 spiro atoms. The SMILES string of the molecule is Cc1cc2cc(-n3ccnc3)ccc2[nH]1. The third-order valence-electron chi connectivity index (χ3n) is 2.54. The lowest BCUT2D eigenvalue weighted by Gasteiger charge is -2.01. The van der Waals surface area contributed by atoms with Crippen molar-refractivity contribution in [2.24, 2.45) is 0 Å². The predicted molar refractivity (Wildman–Crippen MR) is 60.2 cm³/mol. The molecule has 1 N–H and O–H groups in total. The topological polar surface area (TPSA) is 33.6 Å². The molecule has 3 aromatic rings. The summed E-state index contributed by atoms with van der Waals surface area (Å²) in [6.45, 7) is 2.07. The highest BCUT2D eigenvalue weighted by molar-refractivity contribution is 5.82. The van der Waals surface area contributed by atoms with Crippen molar-refractivity contribution < 1.29 is 0 Å². The summed E-state index contributed by atoms with van der Waals surface area (Å²) in [7, 11) is 0. The molecule has 3 heteroatoms. The fraction of sp³-hybridized carbons (Fsp3) is 0.0833. The molecule has 0 saturated heterocycles. The number of benzene rings is 1. The van der Waals surface area contributed by atoms with Gasteiger partial charge in [0, 0.05) is 34.7 Å². The standard InChI is InChI=1S/C12H11N3/c1-9-6-10-7-11(2-3-12(10)14-9)15-5-4-13-8-15/h2-8,14H,1H3. The molecule has 0 amide bonds. The Morgan fingerprint density at radius 1 is 1.27 bits per heavy atom. The van der Waals surface area contributed by atoms with E-state index in [1.807, 2.05) is 10.8 Å². The predicted octanol–water partition coefficient (Wildman–Crippen LogP) is 2.66. The summed E-state index contributed by atoms with van der Waals surface area (Å²) in [6.07, 6.45) is 5.54. The highest BCUT2D eigenvalue weighted by atomic mass is 15.0. The van der Waals surface area contributed by atoms with Crippen LogP contribution in [0.3, 0.4) is 0 Å². The average molecular weight is 197 g/mol. The smallest absolute Gasteiger partial charge is 0.0991 e. The molecule has 0 aliphatic rings. The van der Waals surface area contributed by atoms with Gasteiger partial charge in [-0.25, -0.2) is 4.98 Å². The van der Waals surface area contributed by atoms with Gasteiger partial charge in [0.05, 0.1) is 6.33 Å². The lowest BCUT2D eigenvalue weighted by Crippen LogP contribution is -1.88. The number of nitrogens with zero attached hydrogens (tertiary/aromatic N) is 2. The Bertz CT molecular complexity index is 590. The van der Waals surface area contributed by atoms with E-state index >= 15 is 0 Å². The first-order valence-corrected chi connectivity index (χ1v) is 4.91. The van der Waals surface area contributed by atoms with E-state index in [4.69, 9.17) is 0 Å². The van der Waals surface area contributed by atoms with E-state index in [2.05, 4.69) is 41.2 Å². The maximum atomic E-state index is 4.04. The van der Waals surface area contributed by atoms with E-state index in [1.165, 1.54) is 16.6 Å². The Morgan fingerprint density at radius 3 is 3.00 bits per heavy atom. The maximum Gasteiger partial charge on any atom is 0.0991 e. The second-order valence-electron chi connectivity index (χ2n) is 3.69. The third-order valence-corrected chi connectivity index (χ3v) is 2.54. The molecule has 0 fully saturated rings. The number of aryl methyl sites for hydroxylation is 1. The number of aromatic nitrogens is 3. The molecule has 3 nitrogen and oxygen atoms in total. The first kappa shape index (κ1) is 8.29. The van der Waals surface area contributed by atoms with Gasteiger partial charge in [-0.2, -0.15) is 0 Å². The molecule has 2 heterocycles. The van der Waals surface area contributed by atoms with E-state index in [1.54, 1.807) is 12.5 Å². The lowest BCUT2D eigenvalue weighted by atomic mass is 10.2. The number of aromatic amines is 1. The van der Waals surface area contributed by atoms with Gasteiger partial charge in [-0.05, 0) is 31.2 Å². The Kier molecular flexibility index (Phi) is 1.65. The van der Waals surface area contributed by atoms with Gasteiger partial charge in [-0.15, -0.1) is 0 Å². The van der Waals surface area contributed by atoms with Crippen LogP contribution in [-0.4, -0.2) is 14.5 Å². The van der Waals surface area contributed by atoms with Crippen molar-refractivity contribution in [1.82, 2.24) is 14.5 Å². The highest BCUT2D eigenvalue weighted by Gasteiger charge is 2.00. The largest absolute Gasteiger partial charge is 0.359 e. The van der Waals surface area contributed by atoms with Crippen molar-refractivity contribution in [3.05, 3.63) is 48.7 Å². The zero-order chi connectivity index (χ0) is 10.3. The molecule has 0 saturated carbocycles. The third kappa shape index (κ3) is 1.32. The second-order valence-corrected chi connectivity index (χ2v) is 3.69. The van der Waals surface area contributed by atoms with Gasteiger partial charge in [-0.1, -0.05) is 0 Å². The van der Waals surface area contributed by atoms with Gasteiger partial charge in [0.2, 0.25) is 0 Å². The van der Waals surface area contributed by atoms with Crippen LogP contribution >= 0.6 is 0 Å². The fourth-order valence-electron chi connectivity index (χ4n) is 1.84. The summed E-state index contributed by atoms with van der Waals surface area (Å²) in [5.74, 6) is 0. The van der Waals surface area contributed by atoms with Crippen LogP contribution in [0.5, 0.6) is 0 Å². The van der Waals surface area contributed by atoms with E-state index < -0.39 is 0 Å². The van der Waals surface area contributed by atoms with Crippen LogP contribution in [-0.2, 0) is 0 Å². The minimum Gasteiger partial charge on any atom is -0.359 e. The van der Waals surface area contributed by atoms with Crippen LogP contribution in [0.1, 0.15) is 5.69 Å². The molecule has 1 aromatic carbocycles. The van der Waals surface area contributed by atoms with Gasteiger partial charge in [0.25, 0.3) is 0 Å². The van der Waals surface area contributed by atoms with Crippen LogP contribution in [0.15, 0.2) is 43.0 Å². The molecule has 0 aliphatic heterocycles. The number of hydrogen-bond acceptors (Lipinski definition) is 1.